The van der Waals surface area contributed by atoms with Crippen LogP contribution in [0.25, 0.3) is 10.9 Å². The lowest BCUT2D eigenvalue weighted by atomic mass is 9.97. The second-order valence-electron chi connectivity index (χ2n) is 6.59. The second kappa shape index (κ2) is 8.40. The Balaban J connectivity index is 1.75. The van der Waals surface area contributed by atoms with Crippen molar-refractivity contribution in [3.63, 3.8) is 0 Å². The van der Waals surface area contributed by atoms with Crippen LogP contribution in [0.15, 0.2) is 60.8 Å². The van der Waals surface area contributed by atoms with Gasteiger partial charge in [0.25, 0.3) is 0 Å². The molecule has 0 aliphatic rings. The highest BCUT2D eigenvalue weighted by Gasteiger charge is 2.23. The van der Waals surface area contributed by atoms with E-state index < -0.39 is 12.0 Å². The molecule has 0 radical (unpaired) electrons. The zero-order chi connectivity index (χ0) is 19.2. The molecular weight excluding hydrogens is 342 g/mol. The van der Waals surface area contributed by atoms with Crippen molar-refractivity contribution in [1.82, 2.24) is 15.6 Å². The van der Waals surface area contributed by atoms with Crippen LogP contribution in [0.1, 0.15) is 24.1 Å². The molecule has 0 bridgehead atoms. The second-order valence-corrected chi connectivity index (χ2v) is 6.59. The van der Waals surface area contributed by atoms with E-state index in [4.69, 9.17) is 5.11 Å². The van der Waals surface area contributed by atoms with Gasteiger partial charge in [0.15, 0.2) is 0 Å². The van der Waals surface area contributed by atoms with Gasteiger partial charge in [0, 0.05) is 23.6 Å². The lowest BCUT2D eigenvalue weighted by molar-refractivity contribution is -0.125. The van der Waals surface area contributed by atoms with Crippen LogP contribution < -0.4 is 10.6 Å². The van der Waals surface area contributed by atoms with E-state index in [0.717, 1.165) is 22.0 Å². The molecule has 2 atom stereocenters. The number of fused-ring (bicyclic) bond motifs is 1. The first-order valence-electron chi connectivity index (χ1n) is 8.91. The number of hydrogen-bond acceptors (Lipinski definition) is 2. The number of carboxylic acid groups (broad SMARTS) is 1. The first kappa shape index (κ1) is 18.5. The molecule has 6 heteroatoms. The zero-order valence-electron chi connectivity index (χ0n) is 15.1. The van der Waals surface area contributed by atoms with Crippen molar-refractivity contribution < 1.29 is 14.7 Å². The lowest BCUT2D eigenvalue weighted by Crippen LogP contribution is -2.40. The van der Waals surface area contributed by atoms with Crippen LogP contribution in [0.4, 0.5) is 4.79 Å². The molecule has 0 saturated carbocycles. The molecule has 140 valence electrons. The minimum Gasteiger partial charge on any atom is -0.465 e. The Bertz CT molecular complexity index is 921. The highest BCUT2D eigenvalue weighted by molar-refractivity contribution is 5.85. The molecule has 0 fully saturated rings. The highest BCUT2D eigenvalue weighted by atomic mass is 16.4. The van der Waals surface area contributed by atoms with Crippen LogP contribution in [-0.4, -0.2) is 28.6 Å². The third-order valence-corrected chi connectivity index (χ3v) is 4.67. The summed E-state index contributed by atoms with van der Waals surface area (Å²) >= 11 is 0. The summed E-state index contributed by atoms with van der Waals surface area (Å²) in [5.41, 5.74) is 2.99. The highest BCUT2D eigenvalue weighted by Crippen LogP contribution is 2.21. The number of H-pyrrole nitrogens is 1. The number of carbonyl (C=O) groups excluding carboxylic acids is 1. The van der Waals surface area contributed by atoms with Gasteiger partial charge in [-0.3, -0.25) is 4.79 Å². The molecule has 1 aromatic heterocycles. The summed E-state index contributed by atoms with van der Waals surface area (Å²) < 4.78 is 0. The SMILES string of the molecule is CC(NC(=O)C(CNC(=O)O)Cc1c[nH]c2ccccc12)c1ccccc1. The average Bonchev–Trinajstić information content (AvgIpc) is 3.08. The van der Waals surface area contributed by atoms with Crippen LogP contribution >= 0.6 is 0 Å². The van der Waals surface area contributed by atoms with Gasteiger partial charge in [0.1, 0.15) is 0 Å². The number of nitrogens with one attached hydrogen (secondary N) is 3. The van der Waals surface area contributed by atoms with E-state index in [9.17, 15) is 9.59 Å². The van der Waals surface area contributed by atoms with Gasteiger partial charge in [-0.1, -0.05) is 48.5 Å². The summed E-state index contributed by atoms with van der Waals surface area (Å²) in [7, 11) is 0. The predicted octanol–water partition coefficient (Wildman–Crippen LogP) is 3.47. The summed E-state index contributed by atoms with van der Waals surface area (Å²) in [4.78, 5) is 27.0. The van der Waals surface area contributed by atoms with E-state index in [1.54, 1.807) is 0 Å². The van der Waals surface area contributed by atoms with Crippen LogP contribution in [0.3, 0.4) is 0 Å². The Kier molecular flexibility index (Phi) is 5.76. The van der Waals surface area contributed by atoms with E-state index in [0.29, 0.717) is 6.42 Å². The largest absolute Gasteiger partial charge is 0.465 e. The molecule has 1 heterocycles. The van der Waals surface area contributed by atoms with Gasteiger partial charge in [-0.2, -0.15) is 0 Å². The number of benzene rings is 2. The third-order valence-electron chi connectivity index (χ3n) is 4.67. The van der Waals surface area contributed by atoms with Crippen molar-refractivity contribution in [2.24, 2.45) is 5.92 Å². The normalized spacial score (nSPS) is 13.1. The summed E-state index contributed by atoms with van der Waals surface area (Å²) in [5, 5.41) is 15.3. The molecule has 0 saturated heterocycles. The van der Waals surface area contributed by atoms with E-state index in [1.807, 2.05) is 67.7 Å². The molecule has 3 aromatic rings. The van der Waals surface area contributed by atoms with Crippen molar-refractivity contribution in [1.29, 1.82) is 0 Å². The first-order valence-corrected chi connectivity index (χ1v) is 8.91. The third kappa shape index (κ3) is 4.67. The van der Waals surface area contributed by atoms with Gasteiger partial charge in [-0.25, -0.2) is 4.79 Å². The molecule has 6 nitrogen and oxygen atoms in total. The van der Waals surface area contributed by atoms with Crippen molar-refractivity contribution in [2.45, 2.75) is 19.4 Å². The predicted molar refractivity (Wildman–Crippen MR) is 105 cm³/mol. The van der Waals surface area contributed by atoms with Crippen molar-refractivity contribution >= 4 is 22.9 Å². The fourth-order valence-corrected chi connectivity index (χ4v) is 3.19. The maximum atomic E-state index is 12.8. The van der Waals surface area contributed by atoms with Crippen molar-refractivity contribution in [3.8, 4) is 0 Å². The van der Waals surface area contributed by atoms with E-state index in [2.05, 4.69) is 15.6 Å². The van der Waals surface area contributed by atoms with E-state index in [-0.39, 0.29) is 18.5 Å². The van der Waals surface area contributed by atoms with Gasteiger partial charge in [0.05, 0.1) is 12.0 Å². The number of carbonyl (C=O) groups is 2. The van der Waals surface area contributed by atoms with Crippen LogP contribution in [0.5, 0.6) is 0 Å². The number of aromatic nitrogens is 1. The number of rotatable bonds is 7. The summed E-state index contributed by atoms with van der Waals surface area (Å²) in [5.74, 6) is -0.683. The fraction of sp³-hybridized carbons (Fsp3) is 0.238. The minimum absolute atomic E-state index is 0.0577. The van der Waals surface area contributed by atoms with Crippen LogP contribution in [0, 0.1) is 5.92 Å². The standard InChI is InChI=1S/C21H23N3O3/c1-14(15-7-3-2-4-8-15)24-20(25)17(13-23-21(26)27)11-16-12-22-19-10-6-5-9-18(16)19/h2-10,12,14,17,22-23H,11,13H2,1H3,(H,24,25)(H,26,27). The molecule has 27 heavy (non-hydrogen) atoms. The molecule has 0 aliphatic carbocycles. The monoisotopic (exact) mass is 365 g/mol. The maximum Gasteiger partial charge on any atom is 0.404 e. The Morgan fingerprint density at radius 1 is 1.07 bits per heavy atom. The topological polar surface area (TPSA) is 94.2 Å². The van der Waals surface area contributed by atoms with Crippen LogP contribution in [0.2, 0.25) is 0 Å². The first-order chi connectivity index (χ1) is 13.0. The number of hydrogen-bond donors (Lipinski definition) is 4. The number of para-hydroxylation sites is 1. The zero-order valence-corrected chi connectivity index (χ0v) is 15.1. The van der Waals surface area contributed by atoms with Gasteiger partial charge < -0.3 is 20.7 Å². The number of aromatic amines is 1. The average molecular weight is 365 g/mol. The molecule has 2 unspecified atom stereocenters. The lowest BCUT2D eigenvalue weighted by Gasteiger charge is -2.20. The fourth-order valence-electron chi connectivity index (χ4n) is 3.19. The molecule has 3 rings (SSSR count). The Hall–Kier alpha value is -3.28. The van der Waals surface area contributed by atoms with Gasteiger partial charge >= 0.3 is 6.09 Å². The maximum absolute atomic E-state index is 12.8. The minimum atomic E-state index is -1.14. The Labute approximate surface area is 157 Å². The molecule has 4 N–H and O–H groups in total. The Morgan fingerprint density at radius 2 is 1.78 bits per heavy atom. The molecule has 0 aliphatic heterocycles. The van der Waals surface area contributed by atoms with Crippen molar-refractivity contribution in [3.05, 3.63) is 71.9 Å². The Morgan fingerprint density at radius 3 is 2.52 bits per heavy atom. The molecular formula is C21H23N3O3. The van der Waals surface area contributed by atoms with E-state index in [1.165, 1.54) is 0 Å². The number of amides is 2. The van der Waals surface area contributed by atoms with Gasteiger partial charge in [0.2, 0.25) is 5.91 Å². The summed E-state index contributed by atoms with van der Waals surface area (Å²) in [6, 6.07) is 17.4. The molecule has 2 aromatic carbocycles. The molecule has 2 amide bonds. The van der Waals surface area contributed by atoms with E-state index >= 15 is 0 Å². The molecule has 0 spiro atoms. The quantitative estimate of drug-likeness (QED) is 0.516. The van der Waals surface area contributed by atoms with Crippen LogP contribution in [-0.2, 0) is 11.2 Å². The van der Waals surface area contributed by atoms with Gasteiger partial charge in [-0.05, 0) is 30.5 Å². The summed E-state index contributed by atoms with van der Waals surface area (Å²) in [6.45, 7) is 1.97. The van der Waals surface area contributed by atoms with Gasteiger partial charge in [-0.15, -0.1) is 0 Å². The smallest absolute Gasteiger partial charge is 0.404 e. The van der Waals surface area contributed by atoms with Crippen molar-refractivity contribution in [2.75, 3.05) is 6.54 Å². The summed E-state index contributed by atoms with van der Waals surface area (Å²) in [6.07, 6.45) is 1.19.